The van der Waals surface area contributed by atoms with Crippen molar-refractivity contribution in [2.45, 2.75) is 239 Å². The van der Waals surface area contributed by atoms with Crippen LogP contribution >= 0.6 is 0 Å². The lowest BCUT2D eigenvalue weighted by Gasteiger charge is -2.38. The first kappa shape index (κ1) is 53.2. The van der Waals surface area contributed by atoms with Crippen LogP contribution in [0.2, 0.25) is 6.32 Å². The second-order valence-corrected chi connectivity index (χ2v) is 17.3. The molecule has 1 rings (SSSR count). The van der Waals surface area contributed by atoms with Crippen LogP contribution < -0.4 is 0 Å². The molecule has 0 aliphatic carbocycles. The quantitative estimate of drug-likeness (QED) is 0.0198. The van der Waals surface area contributed by atoms with E-state index in [-0.39, 0.29) is 45.0 Å². The van der Waals surface area contributed by atoms with Gasteiger partial charge in [-0.25, -0.2) is 4.79 Å². The van der Waals surface area contributed by atoms with Crippen LogP contribution in [0.25, 0.3) is 0 Å². The van der Waals surface area contributed by atoms with E-state index in [0.29, 0.717) is 31.2 Å². The Morgan fingerprint density at radius 2 is 0.807 bits per heavy atom. The van der Waals surface area contributed by atoms with Gasteiger partial charge in [0, 0.05) is 31.6 Å². The molecule has 1 fully saturated rings. The van der Waals surface area contributed by atoms with Crippen LogP contribution in [0.15, 0.2) is 12.2 Å². The molecule has 0 aromatic carbocycles. The number of esters is 3. The molecule has 0 amide bonds. The molecule has 9 heteroatoms. The van der Waals surface area contributed by atoms with Crippen molar-refractivity contribution in [3.05, 3.63) is 12.2 Å². The fraction of sp³-hybridized carbons (Fsp3) is 0.896. The zero-order chi connectivity index (χ0) is 41.5. The Hall–Kier alpha value is -1.87. The van der Waals surface area contributed by atoms with Gasteiger partial charge in [0.25, 0.3) is 0 Å². The van der Waals surface area contributed by atoms with Crippen LogP contribution in [0.5, 0.6) is 0 Å². The lowest BCUT2D eigenvalue weighted by atomic mass is 9.78. The Balaban J connectivity index is 2.29. The highest BCUT2D eigenvalue weighted by molar-refractivity contribution is 6.44. The van der Waals surface area contributed by atoms with Crippen LogP contribution in [0.4, 0.5) is 0 Å². The van der Waals surface area contributed by atoms with Crippen LogP contribution in [-0.4, -0.2) is 58.1 Å². The van der Waals surface area contributed by atoms with Crippen molar-refractivity contribution in [3.8, 4) is 0 Å². The summed E-state index contributed by atoms with van der Waals surface area (Å²) in [6.45, 7) is 10.7. The van der Waals surface area contributed by atoms with Crippen LogP contribution in [-0.2, 0) is 37.9 Å². The predicted octanol–water partition coefficient (Wildman–Crippen LogP) is 13.6. The summed E-state index contributed by atoms with van der Waals surface area (Å²) in [7, 11) is -0.464. The summed E-state index contributed by atoms with van der Waals surface area (Å²) in [5.41, 5.74) is -0.383. The smallest absolute Gasteiger partial charge is 0.457 e. The van der Waals surface area contributed by atoms with E-state index < -0.39 is 18.5 Å². The van der Waals surface area contributed by atoms with E-state index in [9.17, 15) is 14.4 Å². The minimum Gasteiger partial charge on any atom is -0.465 e. The predicted molar refractivity (Wildman–Crippen MR) is 236 cm³/mol. The maximum absolute atomic E-state index is 12.8. The highest BCUT2D eigenvalue weighted by atomic mass is 16.6. The molecule has 1 saturated heterocycles. The summed E-state index contributed by atoms with van der Waals surface area (Å²) in [5.74, 6) is -0.860. The number of hydrogen-bond donors (Lipinski definition) is 0. The van der Waals surface area contributed by atoms with Gasteiger partial charge in [0.15, 0.2) is 0 Å². The standard InChI is InChI=1S/C48H89BO8/c1-5-7-9-11-13-15-17-19-21-23-25-27-29-31-33-36-45(50)54-40-48(42-56-49(57-43-48)38-35-39-53-47(52)44(3)4)41-55-46(51)37-34-32-30-28-26-24-22-20-18-16-14-12-10-8-6-2/h3,5-43H2,1-2,4H3. The van der Waals surface area contributed by atoms with Crippen molar-refractivity contribution in [2.75, 3.05) is 33.0 Å². The first-order valence-electron chi connectivity index (χ1n) is 24.2. The molecule has 0 saturated carbocycles. The fourth-order valence-electron chi connectivity index (χ4n) is 7.44. The third kappa shape index (κ3) is 32.6. The van der Waals surface area contributed by atoms with E-state index in [1.54, 1.807) is 6.92 Å². The molecule has 332 valence electrons. The van der Waals surface area contributed by atoms with Gasteiger partial charge < -0.3 is 23.5 Å². The number of hydrogen-bond acceptors (Lipinski definition) is 8. The summed E-state index contributed by atoms with van der Waals surface area (Å²) < 4.78 is 28.8. The van der Waals surface area contributed by atoms with E-state index in [2.05, 4.69) is 20.4 Å². The third-order valence-corrected chi connectivity index (χ3v) is 11.4. The average molecular weight is 805 g/mol. The number of rotatable bonds is 41. The molecule has 0 N–H and O–H groups in total. The van der Waals surface area contributed by atoms with Gasteiger partial charge in [-0.05, 0) is 32.5 Å². The van der Waals surface area contributed by atoms with Gasteiger partial charge in [-0.15, -0.1) is 0 Å². The van der Waals surface area contributed by atoms with Crippen molar-refractivity contribution in [1.82, 2.24) is 0 Å². The Morgan fingerprint density at radius 3 is 1.12 bits per heavy atom. The van der Waals surface area contributed by atoms with Crippen molar-refractivity contribution in [1.29, 1.82) is 0 Å². The Kier molecular flexibility index (Phi) is 35.8. The molecule has 0 atom stereocenters. The van der Waals surface area contributed by atoms with E-state index >= 15 is 0 Å². The van der Waals surface area contributed by atoms with E-state index in [4.69, 9.17) is 23.5 Å². The minimum absolute atomic E-state index is 0.0831. The molecule has 0 unspecified atom stereocenters. The zero-order valence-corrected chi connectivity index (χ0v) is 37.6. The molecular formula is C48H89BO8. The Labute approximate surface area is 351 Å². The first-order valence-corrected chi connectivity index (χ1v) is 24.2. The molecule has 57 heavy (non-hydrogen) atoms. The average Bonchev–Trinajstić information content (AvgIpc) is 3.21. The molecule has 1 heterocycles. The second-order valence-electron chi connectivity index (χ2n) is 17.3. The van der Waals surface area contributed by atoms with Gasteiger partial charge in [0.1, 0.15) is 13.2 Å². The number of unbranched alkanes of at least 4 members (excludes halogenated alkanes) is 28. The fourth-order valence-corrected chi connectivity index (χ4v) is 7.44. The number of carbonyl (C=O) groups excluding carboxylic acids is 3. The van der Waals surface area contributed by atoms with Gasteiger partial charge >= 0.3 is 25.0 Å². The van der Waals surface area contributed by atoms with E-state index in [1.807, 2.05) is 0 Å². The van der Waals surface area contributed by atoms with E-state index in [1.165, 1.54) is 154 Å². The first-order chi connectivity index (χ1) is 27.8. The normalized spacial score (nSPS) is 13.8. The minimum atomic E-state index is -0.752. The highest BCUT2D eigenvalue weighted by Gasteiger charge is 2.41. The Bertz CT molecular complexity index is 927. The van der Waals surface area contributed by atoms with Crippen LogP contribution in [0, 0.1) is 5.41 Å². The zero-order valence-electron chi connectivity index (χ0n) is 37.6. The van der Waals surface area contributed by atoms with Crippen LogP contribution in [0.3, 0.4) is 0 Å². The summed E-state index contributed by atoms with van der Waals surface area (Å²) in [4.78, 5) is 37.2. The lowest BCUT2D eigenvalue weighted by molar-refractivity contribution is -0.161. The monoisotopic (exact) mass is 805 g/mol. The summed E-state index contributed by atoms with van der Waals surface area (Å²) in [6, 6.07) is 0. The van der Waals surface area contributed by atoms with E-state index in [0.717, 1.165) is 38.5 Å². The number of carbonyl (C=O) groups is 3. The highest BCUT2D eigenvalue weighted by Crippen LogP contribution is 2.27. The largest absolute Gasteiger partial charge is 0.465 e. The van der Waals surface area contributed by atoms with Crippen molar-refractivity contribution >= 4 is 25.0 Å². The second kappa shape index (κ2) is 38.3. The molecule has 0 radical (unpaired) electrons. The SMILES string of the molecule is C=C(C)C(=O)OCCCB1OCC(COC(=O)CCCCCCCCCCCCCCCCC)(COC(=O)CCCCCCCCCCCCCCCCC)CO1. The van der Waals surface area contributed by atoms with Crippen LogP contribution in [0.1, 0.15) is 233 Å². The molecule has 0 aromatic rings. The molecular weight excluding hydrogens is 715 g/mol. The maximum Gasteiger partial charge on any atom is 0.457 e. The van der Waals surface area contributed by atoms with Gasteiger partial charge in [-0.1, -0.05) is 200 Å². The number of ether oxygens (including phenoxy) is 3. The van der Waals surface area contributed by atoms with Gasteiger partial charge in [0.2, 0.25) is 0 Å². The summed E-state index contributed by atoms with van der Waals surface area (Å²) >= 11 is 0. The molecule has 0 spiro atoms. The maximum atomic E-state index is 12.8. The van der Waals surface area contributed by atoms with Gasteiger partial charge in [0.05, 0.1) is 12.0 Å². The third-order valence-electron chi connectivity index (χ3n) is 11.4. The van der Waals surface area contributed by atoms with Gasteiger partial charge in [-0.3, -0.25) is 9.59 Å². The van der Waals surface area contributed by atoms with Crippen molar-refractivity contribution in [2.24, 2.45) is 5.41 Å². The summed E-state index contributed by atoms with van der Waals surface area (Å²) in [5, 5.41) is 0. The molecule has 8 nitrogen and oxygen atoms in total. The van der Waals surface area contributed by atoms with Crippen molar-refractivity contribution < 1.29 is 37.9 Å². The Morgan fingerprint density at radius 1 is 0.491 bits per heavy atom. The molecule has 1 aliphatic rings. The lowest BCUT2D eigenvalue weighted by Crippen LogP contribution is -2.50. The molecule has 0 aromatic heterocycles. The molecule has 1 aliphatic heterocycles. The molecule has 0 bridgehead atoms. The van der Waals surface area contributed by atoms with Crippen molar-refractivity contribution in [3.63, 3.8) is 0 Å². The topological polar surface area (TPSA) is 97.4 Å². The van der Waals surface area contributed by atoms with Gasteiger partial charge in [-0.2, -0.15) is 0 Å². The summed E-state index contributed by atoms with van der Waals surface area (Å²) in [6.07, 6.45) is 40.3.